The summed E-state index contributed by atoms with van der Waals surface area (Å²) in [6, 6.07) is 23.1. The molecular weight excluding hydrogens is 452 g/mol. The highest BCUT2D eigenvalue weighted by Crippen LogP contribution is 2.29. The molecule has 0 aromatic heterocycles. The summed E-state index contributed by atoms with van der Waals surface area (Å²) in [6.07, 6.45) is 2.71. The number of amides is 1. The van der Waals surface area contributed by atoms with E-state index in [1.54, 1.807) is 30.3 Å². The normalized spacial score (nSPS) is 11.6. The van der Waals surface area contributed by atoms with Gasteiger partial charge in [0, 0.05) is 35.1 Å². The van der Waals surface area contributed by atoms with Gasteiger partial charge in [-0.3, -0.25) is 4.79 Å². The molecule has 1 amide bonds. The molecule has 172 valence electrons. The van der Waals surface area contributed by atoms with Gasteiger partial charge in [-0.15, -0.1) is 0 Å². The molecule has 0 spiro atoms. The van der Waals surface area contributed by atoms with Crippen LogP contribution in [0.25, 0.3) is 16.8 Å². The van der Waals surface area contributed by atoms with Crippen molar-refractivity contribution in [3.8, 4) is 11.5 Å². The molecule has 0 unspecified atom stereocenters. The van der Waals surface area contributed by atoms with Gasteiger partial charge in [0.1, 0.15) is 11.5 Å². The molecule has 0 aliphatic carbocycles. The lowest BCUT2D eigenvalue weighted by Crippen LogP contribution is -2.23. The van der Waals surface area contributed by atoms with E-state index in [4.69, 9.17) is 0 Å². The Labute approximate surface area is 197 Å². The van der Waals surface area contributed by atoms with Crippen molar-refractivity contribution in [2.24, 2.45) is 0 Å². The van der Waals surface area contributed by atoms with Crippen LogP contribution < -0.4 is 10.0 Å². The molecule has 0 radical (unpaired) electrons. The molecule has 0 bridgehead atoms. The lowest BCUT2D eigenvalue weighted by Gasteiger charge is -2.12. The van der Waals surface area contributed by atoms with Crippen LogP contribution in [0, 0.1) is 0 Å². The summed E-state index contributed by atoms with van der Waals surface area (Å²) in [4.78, 5) is 12.6. The maximum Gasteiger partial charge on any atom is 0.248 e. The number of phenols is 2. The van der Waals surface area contributed by atoms with Crippen molar-refractivity contribution < 1.29 is 23.4 Å². The third-order valence-corrected chi connectivity index (χ3v) is 6.55. The average Bonchev–Trinajstić information content (AvgIpc) is 2.81. The van der Waals surface area contributed by atoms with Crippen LogP contribution in [0.2, 0.25) is 0 Å². The van der Waals surface area contributed by atoms with Gasteiger partial charge in [0.15, 0.2) is 0 Å². The largest absolute Gasteiger partial charge is 0.508 e. The number of aromatic hydroxyl groups is 2. The van der Waals surface area contributed by atoms with Crippen LogP contribution >= 0.6 is 0 Å². The second kappa shape index (κ2) is 9.78. The van der Waals surface area contributed by atoms with Gasteiger partial charge >= 0.3 is 0 Å². The van der Waals surface area contributed by atoms with Crippen molar-refractivity contribution in [1.29, 1.82) is 0 Å². The number of nitrogens with one attached hydrogen (secondary N) is 2. The standard InChI is InChI=1S/C26H22N2O5S/c29-20-14-19(15-21(30)16-20)12-13-26(31)28-24-10-4-9-23-22(24)8-5-11-25(23)34(32,33)27-17-18-6-2-1-3-7-18/h1-16,27,29-30H,17H2,(H,28,31). The third kappa shape index (κ3) is 5.43. The van der Waals surface area contributed by atoms with E-state index in [0.717, 1.165) is 5.56 Å². The highest BCUT2D eigenvalue weighted by molar-refractivity contribution is 7.89. The van der Waals surface area contributed by atoms with Crippen molar-refractivity contribution in [3.63, 3.8) is 0 Å². The summed E-state index contributed by atoms with van der Waals surface area (Å²) in [5.74, 6) is -0.696. The predicted molar refractivity (Wildman–Crippen MR) is 132 cm³/mol. The number of carbonyl (C=O) groups excluding carboxylic acids is 1. The van der Waals surface area contributed by atoms with E-state index in [2.05, 4.69) is 10.0 Å². The molecule has 7 nitrogen and oxygen atoms in total. The minimum absolute atomic E-state index is 0.114. The summed E-state index contributed by atoms with van der Waals surface area (Å²) in [5.41, 5.74) is 1.74. The van der Waals surface area contributed by atoms with Crippen molar-refractivity contribution in [1.82, 2.24) is 4.72 Å². The average molecular weight is 475 g/mol. The molecule has 0 aliphatic heterocycles. The maximum atomic E-state index is 13.0. The summed E-state index contributed by atoms with van der Waals surface area (Å²) in [5, 5.41) is 22.9. The zero-order valence-corrected chi connectivity index (χ0v) is 18.8. The highest BCUT2D eigenvalue weighted by atomic mass is 32.2. The third-order valence-electron chi connectivity index (χ3n) is 5.09. The van der Waals surface area contributed by atoms with Crippen LogP contribution in [0.4, 0.5) is 5.69 Å². The van der Waals surface area contributed by atoms with Gasteiger partial charge in [0.2, 0.25) is 15.9 Å². The first-order valence-corrected chi connectivity index (χ1v) is 11.9. The predicted octanol–water partition coefficient (Wildman–Crippen LogP) is 4.38. The first kappa shape index (κ1) is 23.0. The minimum Gasteiger partial charge on any atom is -0.508 e. The summed E-state index contributed by atoms with van der Waals surface area (Å²) in [6.45, 7) is 0.158. The number of sulfonamides is 1. The molecule has 4 aromatic rings. The topological polar surface area (TPSA) is 116 Å². The van der Waals surface area contributed by atoms with E-state index in [1.807, 2.05) is 30.3 Å². The van der Waals surface area contributed by atoms with Crippen LogP contribution in [0.5, 0.6) is 11.5 Å². The molecule has 0 saturated heterocycles. The molecule has 0 atom stereocenters. The smallest absolute Gasteiger partial charge is 0.248 e. The van der Waals surface area contributed by atoms with Gasteiger partial charge in [-0.1, -0.05) is 54.6 Å². The number of hydrogen-bond donors (Lipinski definition) is 4. The molecular formula is C26H22N2O5S. The number of carbonyl (C=O) groups is 1. The van der Waals surface area contributed by atoms with Crippen LogP contribution in [-0.2, 0) is 21.4 Å². The Balaban J connectivity index is 1.57. The van der Waals surface area contributed by atoms with Gasteiger partial charge in [0.25, 0.3) is 0 Å². The Morgan fingerprint density at radius 2 is 1.50 bits per heavy atom. The molecule has 34 heavy (non-hydrogen) atoms. The fourth-order valence-corrected chi connectivity index (χ4v) is 4.77. The quantitative estimate of drug-likeness (QED) is 0.297. The second-order valence-electron chi connectivity index (χ2n) is 7.57. The van der Waals surface area contributed by atoms with E-state index in [1.165, 1.54) is 36.4 Å². The molecule has 0 heterocycles. The van der Waals surface area contributed by atoms with Crippen molar-refractivity contribution in [3.05, 3.63) is 102 Å². The van der Waals surface area contributed by atoms with E-state index in [9.17, 15) is 23.4 Å². The monoisotopic (exact) mass is 474 g/mol. The van der Waals surface area contributed by atoms with Crippen molar-refractivity contribution >= 4 is 38.5 Å². The molecule has 0 fully saturated rings. The maximum absolute atomic E-state index is 13.0. The number of rotatable bonds is 7. The lowest BCUT2D eigenvalue weighted by atomic mass is 10.1. The Kier molecular flexibility index (Phi) is 6.62. The molecule has 4 aromatic carbocycles. The molecule has 0 aliphatic rings. The van der Waals surface area contributed by atoms with E-state index in [0.29, 0.717) is 22.0 Å². The Morgan fingerprint density at radius 1 is 0.824 bits per heavy atom. The number of hydrogen-bond acceptors (Lipinski definition) is 5. The first-order chi connectivity index (χ1) is 16.3. The number of benzene rings is 4. The Hall–Kier alpha value is -4.14. The Bertz CT molecular complexity index is 1460. The van der Waals surface area contributed by atoms with Gasteiger partial charge in [-0.05, 0) is 41.5 Å². The van der Waals surface area contributed by atoms with Crippen LogP contribution in [0.1, 0.15) is 11.1 Å². The second-order valence-corrected chi connectivity index (χ2v) is 9.31. The van der Waals surface area contributed by atoms with Crippen LogP contribution in [0.3, 0.4) is 0 Å². The number of phenolic OH excluding ortho intramolecular Hbond substituents is 2. The summed E-state index contributed by atoms with van der Waals surface area (Å²) < 4.78 is 28.7. The highest BCUT2D eigenvalue weighted by Gasteiger charge is 2.18. The van der Waals surface area contributed by atoms with Gasteiger partial charge < -0.3 is 15.5 Å². The minimum atomic E-state index is -3.81. The zero-order valence-electron chi connectivity index (χ0n) is 18.0. The molecule has 4 rings (SSSR count). The SMILES string of the molecule is O=C(C=Cc1cc(O)cc(O)c1)Nc1cccc2c(S(=O)(=O)NCc3ccccc3)cccc12. The molecule has 8 heteroatoms. The van der Waals surface area contributed by atoms with Gasteiger partial charge in [-0.25, -0.2) is 13.1 Å². The fraction of sp³-hybridized carbons (Fsp3) is 0.0385. The van der Waals surface area contributed by atoms with Crippen molar-refractivity contribution in [2.75, 3.05) is 5.32 Å². The first-order valence-electron chi connectivity index (χ1n) is 10.4. The van der Waals surface area contributed by atoms with Gasteiger partial charge in [-0.2, -0.15) is 0 Å². The molecule has 0 saturated carbocycles. The zero-order chi connectivity index (χ0) is 24.1. The number of anilines is 1. The van der Waals surface area contributed by atoms with E-state index < -0.39 is 15.9 Å². The summed E-state index contributed by atoms with van der Waals surface area (Å²) in [7, 11) is -3.81. The van der Waals surface area contributed by atoms with Crippen LogP contribution in [0.15, 0.2) is 95.9 Å². The Morgan fingerprint density at radius 3 is 2.24 bits per heavy atom. The lowest BCUT2D eigenvalue weighted by molar-refractivity contribution is -0.111. The fourth-order valence-electron chi connectivity index (χ4n) is 3.54. The van der Waals surface area contributed by atoms with Crippen LogP contribution in [-0.4, -0.2) is 24.5 Å². The van der Waals surface area contributed by atoms with E-state index in [-0.39, 0.29) is 22.9 Å². The number of fused-ring (bicyclic) bond motifs is 1. The molecule has 4 N–H and O–H groups in total. The van der Waals surface area contributed by atoms with E-state index >= 15 is 0 Å². The van der Waals surface area contributed by atoms with Gasteiger partial charge in [0.05, 0.1) is 4.90 Å². The van der Waals surface area contributed by atoms with Crippen molar-refractivity contribution in [2.45, 2.75) is 11.4 Å². The summed E-state index contributed by atoms with van der Waals surface area (Å²) >= 11 is 0.